The Morgan fingerprint density at radius 1 is 0.300 bits per heavy atom. The van der Waals surface area contributed by atoms with E-state index in [1.807, 2.05) is 6.26 Å². The van der Waals surface area contributed by atoms with Gasteiger partial charge in [0.2, 0.25) is 0 Å². The Morgan fingerprint density at radius 2 is 0.857 bits per heavy atom. The van der Waals surface area contributed by atoms with Crippen molar-refractivity contribution in [2.24, 2.45) is 0 Å². The van der Waals surface area contributed by atoms with Crippen LogP contribution in [-0.2, 0) is 0 Å². The lowest BCUT2D eigenvalue weighted by atomic mass is 9.97. The van der Waals surface area contributed by atoms with Crippen LogP contribution in [0.4, 0.5) is 17.1 Å². The van der Waals surface area contributed by atoms with Crippen molar-refractivity contribution in [2.45, 2.75) is 0 Å². The number of hydrogen-bond donors (Lipinski definition) is 0. The molecule has 0 radical (unpaired) electrons. The van der Waals surface area contributed by atoms with Crippen LogP contribution in [0.5, 0.6) is 0 Å². The lowest BCUT2D eigenvalue weighted by molar-refractivity contribution is 0.616. The van der Waals surface area contributed by atoms with Crippen LogP contribution in [0.15, 0.2) is 252 Å². The predicted molar refractivity (Wildman–Crippen MR) is 289 cm³/mol. The summed E-state index contributed by atoms with van der Waals surface area (Å²) in [5.74, 6) is 0. The maximum atomic E-state index is 6.35. The highest BCUT2D eigenvalue weighted by atomic mass is 16.3. The first kappa shape index (κ1) is 38.6. The Morgan fingerprint density at radius 3 is 1.63 bits per heavy atom. The molecule has 0 aliphatic carbocycles. The van der Waals surface area contributed by atoms with Crippen molar-refractivity contribution >= 4 is 104 Å². The number of furan rings is 2. The minimum absolute atomic E-state index is 0.840. The maximum absolute atomic E-state index is 6.35. The highest BCUT2D eigenvalue weighted by Crippen LogP contribution is 2.46. The van der Waals surface area contributed by atoms with Crippen LogP contribution in [0.3, 0.4) is 0 Å². The molecule has 5 heterocycles. The van der Waals surface area contributed by atoms with Gasteiger partial charge in [-0.1, -0.05) is 103 Å². The number of hydrogen-bond acceptors (Lipinski definition) is 3. The van der Waals surface area contributed by atoms with E-state index in [2.05, 4.69) is 249 Å². The Balaban J connectivity index is 0.906. The minimum Gasteiger partial charge on any atom is -0.464 e. The van der Waals surface area contributed by atoms with E-state index in [4.69, 9.17) is 8.83 Å². The number of anilines is 3. The number of para-hydroxylation sites is 5. The third-order valence-corrected chi connectivity index (χ3v) is 14.4. The summed E-state index contributed by atoms with van der Waals surface area (Å²) in [5.41, 5.74) is 17.3. The normalized spacial score (nSPS) is 12.0. The standard InChI is InChI=1S/C64H40N4O2/c1-3-15-42(16-4-1)65(44-26-28-45(29-27-44)67-57-24-11-7-20-48(57)50-31-33-60-52(63(50)67)34-36-69-60)46-19-13-14-41(38-46)54-40-61-53(35-37-70-61)64-62(54)51-22-9-12-25-58(51)68(64)47-30-32-59-55(39-47)49-21-8-10-23-56(49)66(59)43-17-5-2-6-18-43/h1-40H. The largest absolute Gasteiger partial charge is 0.464 e. The van der Waals surface area contributed by atoms with Gasteiger partial charge in [-0.15, -0.1) is 0 Å². The Labute approximate surface area is 401 Å². The molecule has 0 N–H and O–H groups in total. The highest BCUT2D eigenvalue weighted by Gasteiger charge is 2.23. The first-order valence-corrected chi connectivity index (χ1v) is 23.7. The van der Waals surface area contributed by atoms with Gasteiger partial charge in [-0.2, -0.15) is 0 Å². The van der Waals surface area contributed by atoms with Gasteiger partial charge in [0.25, 0.3) is 0 Å². The van der Waals surface area contributed by atoms with Crippen molar-refractivity contribution < 1.29 is 8.83 Å². The maximum Gasteiger partial charge on any atom is 0.136 e. The molecule has 15 rings (SSSR count). The van der Waals surface area contributed by atoms with Crippen LogP contribution in [0.2, 0.25) is 0 Å². The lowest BCUT2D eigenvalue weighted by Crippen LogP contribution is -2.10. The first-order valence-electron chi connectivity index (χ1n) is 23.7. The fourth-order valence-corrected chi connectivity index (χ4v) is 11.4. The van der Waals surface area contributed by atoms with Crippen molar-refractivity contribution in [3.05, 3.63) is 243 Å². The second kappa shape index (κ2) is 15.0. The van der Waals surface area contributed by atoms with E-state index < -0.39 is 0 Å². The van der Waals surface area contributed by atoms with Gasteiger partial charge in [-0.25, -0.2) is 0 Å². The number of rotatable bonds is 7. The molecule has 0 amide bonds. The molecule has 0 fully saturated rings. The van der Waals surface area contributed by atoms with Gasteiger partial charge < -0.3 is 27.4 Å². The average molecular weight is 897 g/mol. The van der Waals surface area contributed by atoms with Crippen LogP contribution in [0, 0.1) is 0 Å². The summed E-state index contributed by atoms with van der Waals surface area (Å²) in [6.45, 7) is 0. The van der Waals surface area contributed by atoms with Crippen molar-refractivity contribution in [1.29, 1.82) is 0 Å². The van der Waals surface area contributed by atoms with Crippen LogP contribution in [-0.4, -0.2) is 13.7 Å². The Hall–Kier alpha value is -9.52. The summed E-state index contributed by atoms with van der Waals surface area (Å²) in [5, 5.41) is 9.37. The van der Waals surface area contributed by atoms with Crippen molar-refractivity contribution in [3.63, 3.8) is 0 Å². The van der Waals surface area contributed by atoms with Gasteiger partial charge in [0, 0.05) is 77.2 Å². The predicted octanol–water partition coefficient (Wildman–Crippen LogP) is 17.6. The van der Waals surface area contributed by atoms with E-state index in [1.165, 1.54) is 43.4 Å². The fourth-order valence-electron chi connectivity index (χ4n) is 11.4. The summed E-state index contributed by atoms with van der Waals surface area (Å²) in [6, 6.07) is 82.9. The molecule has 0 atom stereocenters. The monoisotopic (exact) mass is 896 g/mol. The van der Waals surface area contributed by atoms with E-state index in [0.717, 1.165) is 89.3 Å². The van der Waals surface area contributed by atoms with Crippen LogP contribution in [0.25, 0.3) is 116 Å². The average Bonchev–Trinajstić information content (AvgIpc) is 4.27. The second-order valence-electron chi connectivity index (χ2n) is 18.1. The number of benzene rings is 10. The molecular formula is C64H40N4O2. The topological polar surface area (TPSA) is 44.3 Å². The molecule has 5 aromatic heterocycles. The second-order valence-corrected chi connectivity index (χ2v) is 18.1. The Bertz CT molecular complexity index is 4530. The summed E-state index contributed by atoms with van der Waals surface area (Å²) in [7, 11) is 0. The van der Waals surface area contributed by atoms with Gasteiger partial charge in [-0.05, 0) is 139 Å². The molecular weight excluding hydrogens is 857 g/mol. The van der Waals surface area contributed by atoms with Crippen LogP contribution < -0.4 is 4.90 Å². The van der Waals surface area contributed by atoms with Crippen molar-refractivity contribution in [3.8, 4) is 28.2 Å². The van der Waals surface area contributed by atoms with Gasteiger partial charge in [0.15, 0.2) is 0 Å². The molecule has 0 aliphatic rings. The van der Waals surface area contributed by atoms with E-state index in [-0.39, 0.29) is 0 Å². The molecule has 15 aromatic rings. The summed E-state index contributed by atoms with van der Waals surface area (Å²) in [6.07, 6.45) is 3.60. The van der Waals surface area contributed by atoms with Gasteiger partial charge in [0.05, 0.1) is 45.6 Å². The molecule has 0 spiro atoms. The van der Waals surface area contributed by atoms with E-state index in [0.29, 0.717) is 0 Å². The van der Waals surface area contributed by atoms with E-state index in [1.54, 1.807) is 6.26 Å². The SMILES string of the molecule is c1ccc(N(c2ccc(-n3c4ccccc4c4ccc5occc5c43)cc2)c2cccc(-c3cc4occc4c4c3c3ccccc3n4-c3ccc4c(c3)c3ccccc3n4-c3ccccc3)c2)cc1. The molecule has 328 valence electrons. The van der Waals surface area contributed by atoms with Crippen molar-refractivity contribution in [2.75, 3.05) is 4.90 Å². The third kappa shape index (κ3) is 5.62. The number of fused-ring (bicyclic) bond motifs is 13. The molecule has 0 unspecified atom stereocenters. The van der Waals surface area contributed by atoms with E-state index in [9.17, 15) is 0 Å². The first-order chi connectivity index (χ1) is 34.7. The van der Waals surface area contributed by atoms with E-state index >= 15 is 0 Å². The van der Waals surface area contributed by atoms with Gasteiger partial charge in [-0.3, -0.25) is 0 Å². The molecule has 70 heavy (non-hydrogen) atoms. The van der Waals surface area contributed by atoms with Crippen LogP contribution >= 0.6 is 0 Å². The minimum atomic E-state index is 0.840. The molecule has 10 aromatic carbocycles. The zero-order valence-electron chi connectivity index (χ0n) is 37.7. The summed E-state index contributed by atoms with van der Waals surface area (Å²) in [4.78, 5) is 2.35. The Kier molecular flexibility index (Phi) is 8.26. The number of aromatic nitrogens is 3. The molecule has 6 nitrogen and oxygen atoms in total. The smallest absolute Gasteiger partial charge is 0.136 e. The quantitative estimate of drug-likeness (QED) is 0.160. The summed E-state index contributed by atoms with van der Waals surface area (Å²) < 4.78 is 19.4. The zero-order chi connectivity index (χ0) is 45.9. The zero-order valence-corrected chi connectivity index (χ0v) is 37.7. The molecule has 0 aliphatic heterocycles. The lowest BCUT2D eigenvalue weighted by Gasteiger charge is -2.26. The fraction of sp³-hybridized carbons (Fsp3) is 0. The third-order valence-electron chi connectivity index (χ3n) is 14.4. The van der Waals surface area contributed by atoms with Crippen LogP contribution in [0.1, 0.15) is 0 Å². The van der Waals surface area contributed by atoms with Crippen molar-refractivity contribution in [1.82, 2.24) is 13.7 Å². The molecule has 0 saturated carbocycles. The highest BCUT2D eigenvalue weighted by molar-refractivity contribution is 6.24. The molecule has 0 bridgehead atoms. The molecule has 6 heteroatoms. The van der Waals surface area contributed by atoms with Gasteiger partial charge in [0.1, 0.15) is 11.2 Å². The molecule has 0 saturated heterocycles. The number of nitrogens with zero attached hydrogens (tertiary/aromatic N) is 4. The van der Waals surface area contributed by atoms with Gasteiger partial charge >= 0.3 is 0 Å². The summed E-state index contributed by atoms with van der Waals surface area (Å²) >= 11 is 0.